The number of hydrogen-bond acceptors (Lipinski definition) is 7. The molecule has 1 rings (SSSR count). The van der Waals surface area contributed by atoms with Crippen LogP contribution in [0.4, 0.5) is 0 Å². The molecule has 90 valence electrons. The van der Waals surface area contributed by atoms with E-state index in [2.05, 4.69) is 4.99 Å². The van der Waals surface area contributed by atoms with Crippen molar-refractivity contribution in [3.05, 3.63) is 0 Å². The van der Waals surface area contributed by atoms with Gasteiger partial charge in [0.25, 0.3) is 0 Å². The predicted molar refractivity (Wildman–Crippen MR) is 50.3 cm³/mol. The van der Waals surface area contributed by atoms with E-state index >= 15 is 0 Å². The first kappa shape index (κ1) is 12.8. The predicted octanol–water partition coefficient (Wildman–Crippen LogP) is -1.63. The highest BCUT2D eigenvalue weighted by Crippen LogP contribution is 2.10. The summed E-state index contributed by atoms with van der Waals surface area (Å²) in [5.74, 6) is -0.788. The summed E-state index contributed by atoms with van der Waals surface area (Å²) in [7, 11) is 0. The zero-order valence-electron chi connectivity index (χ0n) is 8.70. The third-order valence-electron chi connectivity index (χ3n) is 2.22. The monoisotopic (exact) mass is 231 g/mol. The van der Waals surface area contributed by atoms with Gasteiger partial charge in [-0.05, 0) is 6.92 Å². The fraction of sp³-hybridized carbons (Fsp3) is 0.778. The number of aliphatic imine (C=N–C) groups is 1. The van der Waals surface area contributed by atoms with Gasteiger partial charge in [-0.25, -0.2) is 9.59 Å². The molecular weight excluding hydrogens is 218 g/mol. The Morgan fingerprint density at radius 1 is 1.44 bits per heavy atom. The Morgan fingerprint density at radius 3 is 2.75 bits per heavy atom. The fourth-order valence-electron chi connectivity index (χ4n) is 1.26. The van der Waals surface area contributed by atoms with Crippen LogP contribution in [0.15, 0.2) is 4.99 Å². The van der Waals surface area contributed by atoms with Crippen LogP contribution >= 0.6 is 0 Å². The van der Waals surface area contributed by atoms with Gasteiger partial charge in [0.05, 0.1) is 13.2 Å². The number of aliphatic hydroxyl groups is 2. The second kappa shape index (κ2) is 5.72. The standard InChI is InChI=1S/C9H13NO6/c1-5-8(13)7(12)3-15-2-6(10-4-11)9(14)16-5/h5-8,12-13H,2-3H2,1H3/t5-,6-,7-,8-/m0/s1. The quantitative estimate of drug-likeness (QED) is 0.319. The molecule has 0 aromatic carbocycles. The number of aliphatic hydroxyl groups excluding tert-OH is 2. The minimum absolute atomic E-state index is 0.160. The van der Waals surface area contributed by atoms with Gasteiger partial charge in [-0.1, -0.05) is 0 Å². The third-order valence-corrected chi connectivity index (χ3v) is 2.22. The van der Waals surface area contributed by atoms with E-state index in [-0.39, 0.29) is 13.2 Å². The lowest BCUT2D eigenvalue weighted by atomic mass is 10.1. The maximum absolute atomic E-state index is 11.4. The minimum atomic E-state index is -1.23. The summed E-state index contributed by atoms with van der Waals surface area (Å²) in [6.45, 7) is 1.08. The van der Waals surface area contributed by atoms with Gasteiger partial charge in [-0.2, -0.15) is 4.99 Å². The summed E-state index contributed by atoms with van der Waals surface area (Å²) in [6.07, 6.45) is -2.04. The lowest BCUT2D eigenvalue weighted by molar-refractivity contribution is -0.157. The molecule has 1 fully saturated rings. The van der Waals surface area contributed by atoms with Gasteiger partial charge in [0.2, 0.25) is 6.08 Å². The number of carbonyl (C=O) groups excluding carboxylic acids is 2. The number of rotatable bonds is 1. The van der Waals surface area contributed by atoms with Crippen LogP contribution in [0, 0.1) is 0 Å². The first-order chi connectivity index (χ1) is 7.56. The molecule has 1 saturated heterocycles. The molecule has 0 aliphatic carbocycles. The molecule has 7 heteroatoms. The number of cyclic esters (lactones) is 1. The van der Waals surface area contributed by atoms with Crippen LogP contribution in [0.25, 0.3) is 0 Å². The Labute approximate surface area is 91.7 Å². The molecule has 2 N–H and O–H groups in total. The number of esters is 1. The topological polar surface area (TPSA) is 105 Å². The SMILES string of the molecule is C[C@@H]1OC(=O)[C@@H](N=C=O)COC[C@H](O)[C@H]1O. The average molecular weight is 231 g/mol. The summed E-state index contributed by atoms with van der Waals surface area (Å²) >= 11 is 0. The van der Waals surface area contributed by atoms with Crippen LogP contribution in [0.5, 0.6) is 0 Å². The molecule has 0 aromatic heterocycles. The zero-order chi connectivity index (χ0) is 12.1. The molecular formula is C9H13NO6. The van der Waals surface area contributed by atoms with E-state index in [1.54, 1.807) is 0 Å². The van der Waals surface area contributed by atoms with Crippen LogP contribution in [-0.4, -0.2) is 59.8 Å². The van der Waals surface area contributed by atoms with Crippen LogP contribution in [0.2, 0.25) is 0 Å². The first-order valence-electron chi connectivity index (χ1n) is 4.77. The Balaban J connectivity index is 2.78. The fourth-order valence-corrected chi connectivity index (χ4v) is 1.26. The highest BCUT2D eigenvalue weighted by Gasteiger charge is 2.31. The highest BCUT2D eigenvalue weighted by molar-refractivity contribution is 5.77. The number of carbonyl (C=O) groups is 1. The van der Waals surface area contributed by atoms with E-state index in [1.807, 2.05) is 0 Å². The van der Waals surface area contributed by atoms with E-state index < -0.39 is 30.3 Å². The van der Waals surface area contributed by atoms with Crippen molar-refractivity contribution in [2.75, 3.05) is 13.2 Å². The van der Waals surface area contributed by atoms with Crippen molar-refractivity contribution >= 4 is 12.0 Å². The maximum atomic E-state index is 11.4. The summed E-state index contributed by atoms with van der Waals surface area (Å²) in [5, 5.41) is 18.9. The molecule has 7 nitrogen and oxygen atoms in total. The van der Waals surface area contributed by atoms with Crippen LogP contribution in [-0.2, 0) is 19.1 Å². The molecule has 0 unspecified atom stereocenters. The van der Waals surface area contributed by atoms with Gasteiger partial charge in [0.15, 0.2) is 6.04 Å². The molecule has 0 amide bonds. The van der Waals surface area contributed by atoms with E-state index in [0.29, 0.717) is 0 Å². The molecule has 16 heavy (non-hydrogen) atoms. The smallest absolute Gasteiger partial charge is 0.334 e. The van der Waals surface area contributed by atoms with Crippen LogP contribution in [0.3, 0.4) is 0 Å². The normalized spacial score (nSPS) is 36.3. The minimum Gasteiger partial charge on any atom is -0.458 e. The van der Waals surface area contributed by atoms with Gasteiger partial charge in [0.1, 0.15) is 18.3 Å². The maximum Gasteiger partial charge on any atom is 0.334 e. The molecule has 4 atom stereocenters. The summed E-state index contributed by atoms with van der Waals surface area (Å²) in [4.78, 5) is 24.7. The summed E-state index contributed by atoms with van der Waals surface area (Å²) in [6, 6.07) is -1.10. The summed E-state index contributed by atoms with van der Waals surface area (Å²) < 4.78 is 9.76. The molecule has 0 radical (unpaired) electrons. The molecule has 1 aliphatic rings. The molecule has 0 spiro atoms. The molecule has 0 bridgehead atoms. The van der Waals surface area contributed by atoms with Crippen molar-refractivity contribution in [1.82, 2.24) is 0 Å². The number of isocyanates is 1. The van der Waals surface area contributed by atoms with Crippen LogP contribution in [0.1, 0.15) is 6.92 Å². The van der Waals surface area contributed by atoms with E-state index in [0.717, 1.165) is 0 Å². The summed E-state index contributed by atoms with van der Waals surface area (Å²) in [5.41, 5.74) is 0. The lowest BCUT2D eigenvalue weighted by Gasteiger charge is -2.21. The van der Waals surface area contributed by atoms with E-state index in [4.69, 9.17) is 9.47 Å². The lowest BCUT2D eigenvalue weighted by Crippen LogP contribution is -2.40. The Hall–Kier alpha value is -1.27. The zero-order valence-corrected chi connectivity index (χ0v) is 8.70. The van der Waals surface area contributed by atoms with Gasteiger partial charge in [-0.15, -0.1) is 0 Å². The van der Waals surface area contributed by atoms with Gasteiger partial charge in [-0.3, -0.25) is 0 Å². The van der Waals surface area contributed by atoms with E-state index in [9.17, 15) is 19.8 Å². The molecule has 1 aliphatic heterocycles. The van der Waals surface area contributed by atoms with Gasteiger partial charge >= 0.3 is 5.97 Å². The largest absolute Gasteiger partial charge is 0.458 e. The van der Waals surface area contributed by atoms with Crippen LogP contribution < -0.4 is 0 Å². The van der Waals surface area contributed by atoms with Crippen molar-refractivity contribution in [3.63, 3.8) is 0 Å². The van der Waals surface area contributed by atoms with Crippen molar-refractivity contribution in [2.45, 2.75) is 31.3 Å². The molecule has 1 heterocycles. The molecule has 0 aromatic rings. The number of hydrogen-bond donors (Lipinski definition) is 2. The van der Waals surface area contributed by atoms with Crippen molar-refractivity contribution in [3.8, 4) is 0 Å². The third kappa shape index (κ3) is 3.11. The van der Waals surface area contributed by atoms with Gasteiger partial charge in [0, 0.05) is 0 Å². The number of nitrogens with zero attached hydrogens (tertiary/aromatic N) is 1. The Bertz CT molecular complexity index is 300. The van der Waals surface area contributed by atoms with E-state index in [1.165, 1.54) is 13.0 Å². The van der Waals surface area contributed by atoms with Crippen molar-refractivity contribution in [1.29, 1.82) is 0 Å². The second-order valence-electron chi connectivity index (χ2n) is 3.47. The van der Waals surface area contributed by atoms with Gasteiger partial charge < -0.3 is 19.7 Å². The Kier molecular flexibility index (Phi) is 4.57. The highest BCUT2D eigenvalue weighted by atomic mass is 16.6. The second-order valence-corrected chi connectivity index (χ2v) is 3.47. The Morgan fingerprint density at radius 2 is 2.12 bits per heavy atom. The van der Waals surface area contributed by atoms with Crippen molar-refractivity contribution in [2.24, 2.45) is 4.99 Å². The van der Waals surface area contributed by atoms with Crippen molar-refractivity contribution < 1.29 is 29.3 Å². The number of ether oxygens (including phenoxy) is 2. The first-order valence-corrected chi connectivity index (χ1v) is 4.77. The molecule has 0 saturated carbocycles. The average Bonchev–Trinajstić information content (AvgIpc) is 2.28.